The van der Waals surface area contributed by atoms with Crippen LogP contribution in [0.5, 0.6) is 0 Å². The van der Waals surface area contributed by atoms with Crippen LogP contribution in [0.2, 0.25) is 0 Å². The van der Waals surface area contributed by atoms with Gasteiger partial charge < -0.3 is 16.0 Å². The molecule has 0 spiro atoms. The van der Waals surface area contributed by atoms with Crippen LogP contribution >= 0.6 is 0 Å². The third-order valence-corrected chi connectivity index (χ3v) is 1.57. The molecule has 1 rings (SSSR count). The van der Waals surface area contributed by atoms with Gasteiger partial charge in [0.1, 0.15) is 5.69 Å². The number of carbonyl (C=O) groups excluding carboxylic acids is 2. The fourth-order valence-corrected chi connectivity index (χ4v) is 1.04. The summed E-state index contributed by atoms with van der Waals surface area (Å²) in [5.41, 5.74) is 10.3. The summed E-state index contributed by atoms with van der Waals surface area (Å²) in [5, 5.41) is 0. The normalized spacial score (nSPS) is 9.75. The first-order valence-corrected chi connectivity index (χ1v) is 3.29. The first kappa shape index (κ1) is 8.32. The van der Waals surface area contributed by atoms with E-state index in [1.54, 1.807) is 13.2 Å². The molecular formula is C7H9N3O2. The van der Waals surface area contributed by atoms with Crippen LogP contribution < -0.4 is 11.5 Å². The lowest BCUT2D eigenvalue weighted by Crippen LogP contribution is -2.21. The Balaban J connectivity index is 3.31. The van der Waals surface area contributed by atoms with Crippen molar-refractivity contribution in [2.75, 3.05) is 0 Å². The highest BCUT2D eigenvalue weighted by Gasteiger charge is 2.15. The van der Waals surface area contributed by atoms with E-state index in [0.717, 1.165) is 0 Å². The van der Waals surface area contributed by atoms with Gasteiger partial charge in [0.15, 0.2) is 0 Å². The van der Waals surface area contributed by atoms with Crippen LogP contribution in [0, 0.1) is 0 Å². The maximum absolute atomic E-state index is 10.8. The Kier molecular flexibility index (Phi) is 1.86. The van der Waals surface area contributed by atoms with Crippen LogP contribution in [0.15, 0.2) is 12.3 Å². The summed E-state index contributed by atoms with van der Waals surface area (Å²) in [6.07, 6.45) is 1.56. The van der Waals surface area contributed by atoms with E-state index in [1.165, 1.54) is 10.6 Å². The Morgan fingerprint density at radius 1 is 1.33 bits per heavy atom. The number of carbonyl (C=O) groups is 2. The van der Waals surface area contributed by atoms with E-state index in [-0.39, 0.29) is 11.3 Å². The van der Waals surface area contributed by atoms with E-state index in [1.807, 2.05) is 0 Å². The summed E-state index contributed by atoms with van der Waals surface area (Å²) in [4.78, 5) is 21.5. The minimum Gasteiger partial charge on any atom is -0.366 e. The second-order valence-electron chi connectivity index (χ2n) is 2.42. The van der Waals surface area contributed by atoms with Gasteiger partial charge in [-0.15, -0.1) is 0 Å². The van der Waals surface area contributed by atoms with Gasteiger partial charge in [0, 0.05) is 13.2 Å². The predicted octanol–water partition coefficient (Wildman–Crippen LogP) is -0.777. The number of rotatable bonds is 2. The Bertz CT molecular complexity index is 340. The summed E-state index contributed by atoms with van der Waals surface area (Å²) in [5.74, 6) is -1.30. The van der Waals surface area contributed by atoms with Gasteiger partial charge in [-0.3, -0.25) is 9.59 Å². The minimum absolute atomic E-state index is 0.141. The van der Waals surface area contributed by atoms with Gasteiger partial charge >= 0.3 is 0 Å². The van der Waals surface area contributed by atoms with Crippen LogP contribution in [0.25, 0.3) is 0 Å². The molecule has 0 aliphatic heterocycles. The Labute approximate surface area is 68.9 Å². The Morgan fingerprint density at radius 3 is 2.25 bits per heavy atom. The molecule has 0 aliphatic carbocycles. The molecule has 5 nitrogen and oxygen atoms in total. The molecule has 0 aliphatic rings. The van der Waals surface area contributed by atoms with Gasteiger partial charge in [0.25, 0.3) is 11.8 Å². The lowest BCUT2D eigenvalue weighted by atomic mass is 10.2. The van der Waals surface area contributed by atoms with Crippen molar-refractivity contribution in [3.63, 3.8) is 0 Å². The number of hydrogen-bond acceptors (Lipinski definition) is 2. The van der Waals surface area contributed by atoms with Crippen molar-refractivity contribution in [3.8, 4) is 0 Å². The fourth-order valence-electron chi connectivity index (χ4n) is 1.04. The van der Waals surface area contributed by atoms with E-state index in [2.05, 4.69) is 0 Å². The molecule has 0 saturated carbocycles. The summed E-state index contributed by atoms with van der Waals surface area (Å²) in [7, 11) is 1.62. The third kappa shape index (κ3) is 1.16. The molecule has 1 heterocycles. The van der Waals surface area contributed by atoms with E-state index >= 15 is 0 Å². The van der Waals surface area contributed by atoms with Crippen molar-refractivity contribution in [2.45, 2.75) is 0 Å². The van der Waals surface area contributed by atoms with Crippen LogP contribution in [0.1, 0.15) is 20.8 Å². The van der Waals surface area contributed by atoms with Crippen LogP contribution in [-0.2, 0) is 7.05 Å². The monoisotopic (exact) mass is 167 g/mol. The highest BCUT2D eigenvalue weighted by Crippen LogP contribution is 2.07. The Morgan fingerprint density at radius 2 is 1.92 bits per heavy atom. The molecule has 0 radical (unpaired) electrons. The molecule has 0 atom stereocenters. The molecule has 0 fully saturated rings. The number of primary amides is 2. The second-order valence-corrected chi connectivity index (χ2v) is 2.42. The Hall–Kier alpha value is -1.78. The zero-order chi connectivity index (χ0) is 9.30. The summed E-state index contributed by atoms with van der Waals surface area (Å²) in [6.45, 7) is 0. The van der Waals surface area contributed by atoms with Crippen LogP contribution in [-0.4, -0.2) is 16.4 Å². The van der Waals surface area contributed by atoms with Gasteiger partial charge in [0.2, 0.25) is 0 Å². The molecule has 4 N–H and O–H groups in total. The van der Waals surface area contributed by atoms with Gasteiger partial charge in [0.05, 0.1) is 5.56 Å². The molecule has 1 aromatic heterocycles. The average molecular weight is 167 g/mol. The standard InChI is InChI=1S/C7H9N3O2/c1-10-3-2-4(6(8)11)5(10)7(9)12/h2-3H,1H3,(H2,8,11)(H2,9,12). The van der Waals surface area contributed by atoms with Gasteiger partial charge in [-0.25, -0.2) is 0 Å². The highest BCUT2D eigenvalue weighted by atomic mass is 16.2. The van der Waals surface area contributed by atoms with Crippen molar-refractivity contribution < 1.29 is 9.59 Å². The molecule has 0 saturated heterocycles. The molecule has 1 aromatic rings. The van der Waals surface area contributed by atoms with E-state index < -0.39 is 11.8 Å². The molecule has 12 heavy (non-hydrogen) atoms. The molecule has 0 aromatic carbocycles. The van der Waals surface area contributed by atoms with Crippen molar-refractivity contribution in [1.29, 1.82) is 0 Å². The molecule has 0 bridgehead atoms. The van der Waals surface area contributed by atoms with E-state index in [0.29, 0.717) is 0 Å². The smallest absolute Gasteiger partial charge is 0.266 e. The zero-order valence-corrected chi connectivity index (χ0v) is 6.57. The summed E-state index contributed by atoms with van der Waals surface area (Å²) >= 11 is 0. The molecule has 64 valence electrons. The topological polar surface area (TPSA) is 91.1 Å². The number of aryl methyl sites for hydroxylation is 1. The second kappa shape index (κ2) is 2.69. The van der Waals surface area contributed by atoms with E-state index in [9.17, 15) is 9.59 Å². The highest BCUT2D eigenvalue weighted by molar-refractivity contribution is 6.05. The van der Waals surface area contributed by atoms with Gasteiger partial charge in [-0.1, -0.05) is 0 Å². The van der Waals surface area contributed by atoms with Gasteiger partial charge in [-0.05, 0) is 6.07 Å². The number of hydrogen-bond donors (Lipinski definition) is 2. The number of aromatic nitrogens is 1. The lowest BCUT2D eigenvalue weighted by Gasteiger charge is -1.99. The lowest BCUT2D eigenvalue weighted by molar-refractivity contribution is 0.0962. The van der Waals surface area contributed by atoms with Crippen molar-refractivity contribution >= 4 is 11.8 Å². The average Bonchev–Trinajstić information content (AvgIpc) is 2.30. The molecule has 5 heteroatoms. The van der Waals surface area contributed by atoms with Crippen LogP contribution in [0.3, 0.4) is 0 Å². The number of amides is 2. The predicted molar refractivity (Wildman–Crippen MR) is 42.4 cm³/mol. The largest absolute Gasteiger partial charge is 0.366 e. The first-order chi connectivity index (χ1) is 5.54. The molecular weight excluding hydrogens is 158 g/mol. The fraction of sp³-hybridized carbons (Fsp3) is 0.143. The maximum Gasteiger partial charge on any atom is 0.266 e. The summed E-state index contributed by atoms with van der Waals surface area (Å²) < 4.78 is 1.46. The molecule has 0 unspecified atom stereocenters. The minimum atomic E-state index is -0.656. The molecule has 2 amide bonds. The quantitative estimate of drug-likeness (QED) is 0.605. The van der Waals surface area contributed by atoms with Gasteiger partial charge in [-0.2, -0.15) is 0 Å². The van der Waals surface area contributed by atoms with Crippen LogP contribution in [0.4, 0.5) is 0 Å². The number of nitrogens with zero attached hydrogens (tertiary/aromatic N) is 1. The maximum atomic E-state index is 10.8. The summed E-state index contributed by atoms with van der Waals surface area (Å²) in [6, 6.07) is 1.46. The van der Waals surface area contributed by atoms with Crippen molar-refractivity contribution in [2.24, 2.45) is 18.5 Å². The number of nitrogens with two attached hydrogens (primary N) is 2. The first-order valence-electron chi connectivity index (χ1n) is 3.29. The van der Waals surface area contributed by atoms with Crippen molar-refractivity contribution in [1.82, 2.24) is 4.57 Å². The third-order valence-electron chi connectivity index (χ3n) is 1.57. The SMILES string of the molecule is Cn1ccc(C(N)=O)c1C(N)=O. The van der Waals surface area contributed by atoms with Crippen molar-refractivity contribution in [3.05, 3.63) is 23.5 Å². The van der Waals surface area contributed by atoms with E-state index in [4.69, 9.17) is 11.5 Å². The zero-order valence-electron chi connectivity index (χ0n) is 6.57.